The zero-order valence-electron chi connectivity index (χ0n) is 10.0. The van der Waals surface area contributed by atoms with Crippen LogP contribution < -0.4 is 0 Å². The number of carbonyl (C=O) groups excluding carboxylic acids is 1. The molecule has 0 rings (SSSR count). The fourth-order valence-electron chi connectivity index (χ4n) is 1.31. The monoisotopic (exact) mass is 214 g/mol. The molecule has 0 fully saturated rings. The Kier molecular flexibility index (Phi) is 7.78. The molecular weight excluding hydrogens is 192 g/mol. The molecule has 0 heterocycles. The zero-order chi connectivity index (χ0) is 11.7. The maximum atomic E-state index is 11.5. The van der Waals surface area contributed by atoms with Gasteiger partial charge in [-0.1, -0.05) is 26.8 Å². The van der Waals surface area contributed by atoms with Crippen LogP contribution in [0.1, 0.15) is 40.0 Å². The Hall–Kier alpha value is -0.990. The second-order valence-corrected chi connectivity index (χ2v) is 3.61. The first kappa shape index (κ1) is 14.0. The van der Waals surface area contributed by atoms with Crippen LogP contribution in [0.25, 0.3) is 0 Å². The molecule has 0 aromatic heterocycles. The highest BCUT2D eigenvalue weighted by molar-refractivity contribution is 5.72. The summed E-state index contributed by atoms with van der Waals surface area (Å²) in [5, 5.41) is 0. The van der Waals surface area contributed by atoms with Gasteiger partial charge in [0, 0.05) is 0 Å². The van der Waals surface area contributed by atoms with Gasteiger partial charge in [-0.2, -0.15) is 0 Å². The number of rotatable bonds is 8. The van der Waals surface area contributed by atoms with Gasteiger partial charge in [-0.25, -0.2) is 0 Å². The minimum absolute atomic E-state index is 0.0415. The molecule has 0 amide bonds. The predicted molar refractivity (Wildman–Crippen MR) is 60.4 cm³/mol. The molecule has 0 saturated carbocycles. The molecule has 1 unspecified atom stereocenters. The summed E-state index contributed by atoms with van der Waals surface area (Å²) in [5.74, 6) is 0.580. The van der Waals surface area contributed by atoms with E-state index in [1.807, 2.05) is 6.92 Å². The summed E-state index contributed by atoms with van der Waals surface area (Å²) in [6.07, 6.45) is 2.75. The first-order chi connectivity index (χ1) is 7.11. The SMILES string of the molecule is C=C(C)OCCOC(=O)C(CC)CCC. The molecule has 0 bridgehead atoms. The van der Waals surface area contributed by atoms with E-state index in [0.29, 0.717) is 19.0 Å². The van der Waals surface area contributed by atoms with Crippen molar-refractivity contribution in [3.05, 3.63) is 12.3 Å². The van der Waals surface area contributed by atoms with Crippen molar-refractivity contribution >= 4 is 5.97 Å². The van der Waals surface area contributed by atoms with Gasteiger partial charge in [0.15, 0.2) is 0 Å². The summed E-state index contributed by atoms with van der Waals surface area (Å²) in [4.78, 5) is 11.5. The lowest BCUT2D eigenvalue weighted by Crippen LogP contribution is -2.19. The fourth-order valence-corrected chi connectivity index (χ4v) is 1.31. The standard InChI is InChI=1S/C12H22O3/c1-5-7-11(6-2)12(13)15-9-8-14-10(3)4/h11H,3,5-9H2,1-2,4H3. The minimum atomic E-state index is -0.107. The predicted octanol–water partition coefficient (Wildman–Crippen LogP) is 2.91. The molecule has 0 spiro atoms. The van der Waals surface area contributed by atoms with E-state index < -0.39 is 0 Å². The van der Waals surface area contributed by atoms with E-state index in [2.05, 4.69) is 13.5 Å². The third-order valence-corrected chi connectivity index (χ3v) is 2.14. The smallest absolute Gasteiger partial charge is 0.309 e. The van der Waals surface area contributed by atoms with Crippen molar-refractivity contribution in [3.8, 4) is 0 Å². The van der Waals surface area contributed by atoms with Gasteiger partial charge in [0.25, 0.3) is 0 Å². The second kappa shape index (κ2) is 8.33. The summed E-state index contributed by atoms with van der Waals surface area (Å²) in [6.45, 7) is 10.1. The topological polar surface area (TPSA) is 35.5 Å². The lowest BCUT2D eigenvalue weighted by Gasteiger charge is -2.13. The fraction of sp³-hybridized carbons (Fsp3) is 0.750. The van der Waals surface area contributed by atoms with Gasteiger partial charge in [0.1, 0.15) is 13.2 Å². The molecule has 0 aliphatic heterocycles. The largest absolute Gasteiger partial charge is 0.495 e. The Morgan fingerprint density at radius 3 is 2.33 bits per heavy atom. The third kappa shape index (κ3) is 7.00. The quantitative estimate of drug-likeness (QED) is 0.354. The van der Waals surface area contributed by atoms with Crippen LogP contribution >= 0.6 is 0 Å². The highest BCUT2D eigenvalue weighted by atomic mass is 16.6. The van der Waals surface area contributed by atoms with Crippen molar-refractivity contribution < 1.29 is 14.3 Å². The van der Waals surface area contributed by atoms with Crippen molar-refractivity contribution in [1.29, 1.82) is 0 Å². The average molecular weight is 214 g/mol. The number of hydrogen-bond acceptors (Lipinski definition) is 3. The summed E-state index contributed by atoms with van der Waals surface area (Å²) in [7, 11) is 0. The molecule has 3 nitrogen and oxygen atoms in total. The normalized spacial score (nSPS) is 11.9. The van der Waals surface area contributed by atoms with Crippen molar-refractivity contribution in [3.63, 3.8) is 0 Å². The summed E-state index contributed by atoms with van der Waals surface area (Å²) in [5.41, 5.74) is 0. The van der Waals surface area contributed by atoms with Crippen LogP contribution in [0.5, 0.6) is 0 Å². The van der Waals surface area contributed by atoms with Crippen LogP contribution in [0, 0.1) is 5.92 Å². The van der Waals surface area contributed by atoms with Crippen LogP contribution in [-0.4, -0.2) is 19.2 Å². The van der Waals surface area contributed by atoms with E-state index in [0.717, 1.165) is 19.3 Å². The molecule has 1 atom stereocenters. The number of carbonyl (C=O) groups is 1. The zero-order valence-corrected chi connectivity index (χ0v) is 10.0. The molecular formula is C12H22O3. The highest BCUT2D eigenvalue weighted by Gasteiger charge is 2.16. The Morgan fingerprint density at radius 2 is 1.87 bits per heavy atom. The van der Waals surface area contributed by atoms with E-state index in [9.17, 15) is 4.79 Å². The van der Waals surface area contributed by atoms with E-state index in [1.165, 1.54) is 0 Å². The Bertz CT molecular complexity index is 199. The van der Waals surface area contributed by atoms with Crippen LogP contribution in [0.2, 0.25) is 0 Å². The van der Waals surface area contributed by atoms with Crippen LogP contribution in [0.3, 0.4) is 0 Å². The summed E-state index contributed by atoms with van der Waals surface area (Å²) in [6, 6.07) is 0. The van der Waals surface area contributed by atoms with Gasteiger partial charge in [-0.3, -0.25) is 4.79 Å². The number of esters is 1. The van der Waals surface area contributed by atoms with Crippen molar-refractivity contribution in [2.24, 2.45) is 5.92 Å². The molecule has 88 valence electrons. The van der Waals surface area contributed by atoms with Crippen LogP contribution in [0.15, 0.2) is 12.3 Å². The van der Waals surface area contributed by atoms with E-state index >= 15 is 0 Å². The van der Waals surface area contributed by atoms with Crippen LogP contribution in [0.4, 0.5) is 0 Å². The first-order valence-electron chi connectivity index (χ1n) is 5.56. The first-order valence-corrected chi connectivity index (χ1v) is 5.56. The third-order valence-electron chi connectivity index (χ3n) is 2.14. The van der Waals surface area contributed by atoms with Crippen molar-refractivity contribution in [2.75, 3.05) is 13.2 Å². The van der Waals surface area contributed by atoms with Crippen LogP contribution in [-0.2, 0) is 14.3 Å². The second-order valence-electron chi connectivity index (χ2n) is 3.61. The number of ether oxygens (including phenoxy) is 2. The Balaban J connectivity index is 3.66. The molecule has 0 aliphatic carbocycles. The van der Waals surface area contributed by atoms with Crippen molar-refractivity contribution in [2.45, 2.75) is 40.0 Å². The highest BCUT2D eigenvalue weighted by Crippen LogP contribution is 2.12. The lowest BCUT2D eigenvalue weighted by molar-refractivity contribution is -0.150. The molecule has 0 aromatic rings. The van der Waals surface area contributed by atoms with Gasteiger partial charge >= 0.3 is 5.97 Å². The molecule has 15 heavy (non-hydrogen) atoms. The molecule has 0 N–H and O–H groups in total. The maximum absolute atomic E-state index is 11.5. The summed E-state index contributed by atoms with van der Waals surface area (Å²) < 4.78 is 10.2. The molecule has 0 aromatic carbocycles. The lowest BCUT2D eigenvalue weighted by atomic mass is 10.0. The van der Waals surface area contributed by atoms with E-state index in [1.54, 1.807) is 6.92 Å². The maximum Gasteiger partial charge on any atom is 0.309 e. The molecule has 0 saturated heterocycles. The van der Waals surface area contributed by atoms with Gasteiger partial charge in [0.2, 0.25) is 0 Å². The average Bonchev–Trinajstić information content (AvgIpc) is 2.20. The number of hydrogen-bond donors (Lipinski definition) is 0. The van der Waals surface area contributed by atoms with Gasteiger partial charge < -0.3 is 9.47 Å². The Labute approximate surface area is 92.5 Å². The molecule has 0 aliphatic rings. The molecule has 0 radical (unpaired) electrons. The Morgan fingerprint density at radius 1 is 1.27 bits per heavy atom. The van der Waals surface area contributed by atoms with E-state index in [-0.39, 0.29) is 11.9 Å². The van der Waals surface area contributed by atoms with E-state index in [4.69, 9.17) is 9.47 Å². The molecule has 3 heteroatoms. The van der Waals surface area contributed by atoms with Gasteiger partial charge in [0.05, 0.1) is 11.7 Å². The van der Waals surface area contributed by atoms with Gasteiger partial charge in [-0.05, 0) is 19.8 Å². The number of allylic oxidation sites excluding steroid dienone is 1. The minimum Gasteiger partial charge on any atom is -0.495 e. The summed E-state index contributed by atoms with van der Waals surface area (Å²) >= 11 is 0. The van der Waals surface area contributed by atoms with Crippen molar-refractivity contribution in [1.82, 2.24) is 0 Å². The van der Waals surface area contributed by atoms with Gasteiger partial charge in [-0.15, -0.1) is 0 Å².